The molecule has 112 valence electrons. The van der Waals surface area contributed by atoms with Crippen molar-refractivity contribution in [1.29, 1.82) is 0 Å². The van der Waals surface area contributed by atoms with Crippen molar-refractivity contribution in [1.82, 2.24) is 0 Å². The van der Waals surface area contributed by atoms with Crippen molar-refractivity contribution in [2.75, 3.05) is 32.5 Å². The Bertz CT molecular complexity index is 315. The minimum absolute atomic E-state index is 0.381. The number of rotatable bonds is 12. The second-order valence-electron chi connectivity index (χ2n) is 3.77. The van der Waals surface area contributed by atoms with Crippen molar-refractivity contribution in [2.24, 2.45) is 4.99 Å². The Kier molecular flexibility index (Phi) is 11.7. The zero-order valence-corrected chi connectivity index (χ0v) is 13.7. The van der Waals surface area contributed by atoms with Gasteiger partial charge in [-0.25, -0.2) is 4.99 Å². The number of isothiocyanates is 1. The molecule has 1 atom stereocenters. The van der Waals surface area contributed by atoms with Gasteiger partial charge in [0.25, 0.3) is 7.37 Å². The fraction of sp³-hybridized carbons (Fsp3) is 0.917. The van der Waals surface area contributed by atoms with Gasteiger partial charge in [-0.1, -0.05) is 0 Å². The molecule has 19 heavy (non-hydrogen) atoms. The molecule has 0 bridgehead atoms. The van der Waals surface area contributed by atoms with Gasteiger partial charge in [0.1, 0.15) is 0 Å². The summed E-state index contributed by atoms with van der Waals surface area (Å²) in [4.78, 5) is 3.83. The smallest absolute Gasteiger partial charge is 0.257 e. The molecule has 0 aliphatic carbocycles. The lowest BCUT2D eigenvalue weighted by Crippen LogP contribution is -2.21. The van der Waals surface area contributed by atoms with Crippen LogP contribution in [-0.2, 0) is 18.6 Å². The summed E-state index contributed by atoms with van der Waals surface area (Å²) >= 11 is 4.49. The van der Waals surface area contributed by atoms with Gasteiger partial charge in [-0.05, 0) is 45.8 Å². The first-order valence-corrected chi connectivity index (χ1v) is 8.93. The Morgan fingerprint density at radius 1 is 1.16 bits per heavy atom. The van der Waals surface area contributed by atoms with Crippen LogP contribution < -0.4 is 0 Å². The SMILES string of the molecule is CCOC(OCC)P(=O)(CCCCN=C=S)OCC. The highest BCUT2D eigenvalue weighted by Crippen LogP contribution is 2.53. The lowest BCUT2D eigenvalue weighted by molar-refractivity contribution is -0.0888. The van der Waals surface area contributed by atoms with E-state index in [-0.39, 0.29) is 0 Å². The van der Waals surface area contributed by atoms with E-state index in [1.807, 2.05) is 20.8 Å². The first-order valence-electron chi connectivity index (χ1n) is 6.64. The molecule has 0 amide bonds. The van der Waals surface area contributed by atoms with Crippen molar-refractivity contribution in [3.8, 4) is 0 Å². The summed E-state index contributed by atoms with van der Waals surface area (Å²) in [5.41, 5.74) is 0. The third-order valence-electron chi connectivity index (χ3n) is 2.34. The number of unbranched alkanes of at least 4 members (excludes halogenated alkanes) is 1. The van der Waals surface area contributed by atoms with E-state index in [2.05, 4.69) is 22.4 Å². The molecule has 1 unspecified atom stereocenters. The van der Waals surface area contributed by atoms with Gasteiger partial charge < -0.3 is 14.0 Å². The fourth-order valence-corrected chi connectivity index (χ4v) is 3.99. The first-order chi connectivity index (χ1) is 9.14. The van der Waals surface area contributed by atoms with Gasteiger partial charge in [0.05, 0.1) is 11.8 Å². The van der Waals surface area contributed by atoms with Crippen LogP contribution in [0.15, 0.2) is 4.99 Å². The Labute approximate surface area is 121 Å². The zero-order valence-electron chi connectivity index (χ0n) is 12.0. The fourth-order valence-electron chi connectivity index (χ4n) is 1.58. The van der Waals surface area contributed by atoms with Crippen molar-refractivity contribution >= 4 is 24.7 Å². The number of ether oxygens (including phenoxy) is 2. The van der Waals surface area contributed by atoms with Gasteiger partial charge in [0, 0.05) is 25.9 Å². The quantitative estimate of drug-likeness (QED) is 0.181. The van der Waals surface area contributed by atoms with Crippen LogP contribution in [-0.4, -0.2) is 43.7 Å². The molecule has 0 aromatic rings. The maximum atomic E-state index is 12.8. The minimum Gasteiger partial charge on any atom is -0.345 e. The number of hydrogen-bond donors (Lipinski definition) is 0. The van der Waals surface area contributed by atoms with Crippen LogP contribution in [0.1, 0.15) is 33.6 Å². The molecule has 0 aliphatic heterocycles. The number of hydrogen-bond acceptors (Lipinski definition) is 6. The molecular weight excluding hydrogens is 285 g/mol. The Balaban J connectivity index is 4.50. The zero-order chi connectivity index (χ0) is 14.6. The van der Waals surface area contributed by atoms with Gasteiger partial charge in [0.2, 0.25) is 6.03 Å². The summed E-state index contributed by atoms with van der Waals surface area (Å²) in [6, 6.07) is -0.767. The van der Waals surface area contributed by atoms with Gasteiger partial charge in [-0.15, -0.1) is 0 Å². The van der Waals surface area contributed by atoms with Crippen molar-refractivity contribution < 1.29 is 18.6 Å². The lowest BCUT2D eigenvalue weighted by atomic mass is 10.3. The van der Waals surface area contributed by atoms with Crippen molar-refractivity contribution in [2.45, 2.75) is 39.6 Å². The molecule has 0 saturated carbocycles. The van der Waals surface area contributed by atoms with Crippen LogP contribution in [0, 0.1) is 0 Å². The van der Waals surface area contributed by atoms with Crippen LogP contribution in [0.5, 0.6) is 0 Å². The van der Waals surface area contributed by atoms with E-state index in [1.165, 1.54) is 0 Å². The highest BCUT2D eigenvalue weighted by Gasteiger charge is 2.35. The summed E-state index contributed by atoms with van der Waals surface area (Å²) in [5.74, 6) is 0. The first kappa shape index (κ1) is 18.9. The molecule has 0 fully saturated rings. The van der Waals surface area contributed by atoms with Gasteiger partial charge in [-0.2, -0.15) is 0 Å². The second-order valence-corrected chi connectivity index (χ2v) is 6.53. The highest BCUT2D eigenvalue weighted by molar-refractivity contribution is 7.78. The number of aliphatic imine (C=N–C) groups is 1. The standard InChI is InChI=1S/C12H24NO4PS/c1-4-15-12(16-5-2)18(14,17-6-3)10-8-7-9-13-11-19/h12H,4-10H2,1-3H3. The predicted molar refractivity (Wildman–Crippen MR) is 80.3 cm³/mol. The maximum Gasteiger partial charge on any atom is 0.257 e. The summed E-state index contributed by atoms with van der Waals surface area (Å²) in [6.45, 7) is 7.37. The van der Waals surface area contributed by atoms with E-state index in [0.717, 1.165) is 12.8 Å². The van der Waals surface area contributed by atoms with Crippen LogP contribution in [0.4, 0.5) is 0 Å². The molecular formula is C12H24NO4PS. The minimum atomic E-state index is -2.94. The van der Waals surface area contributed by atoms with E-state index >= 15 is 0 Å². The largest absolute Gasteiger partial charge is 0.345 e. The van der Waals surface area contributed by atoms with Gasteiger partial charge in [-0.3, -0.25) is 4.57 Å². The topological polar surface area (TPSA) is 57.1 Å². The van der Waals surface area contributed by atoms with E-state index < -0.39 is 13.4 Å². The average molecular weight is 309 g/mol. The van der Waals surface area contributed by atoms with Crippen molar-refractivity contribution in [3.05, 3.63) is 0 Å². The lowest BCUT2D eigenvalue weighted by Gasteiger charge is -2.26. The monoisotopic (exact) mass is 309 g/mol. The molecule has 7 heteroatoms. The number of nitrogens with zero attached hydrogens (tertiary/aromatic N) is 1. The predicted octanol–water partition coefficient (Wildman–Crippen LogP) is 3.54. The molecule has 0 N–H and O–H groups in total. The van der Waals surface area contributed by atoms with E-state index in [0.29, 0.717) is 32.5 Å². The Hall–Kier alpha value is -0.0900. The summed E-state index contributed by atoms with van der Waals surface area (Å²) in [5, 5.41) is 2.31. The molecule has 0 radical (unpaired) electrons. The van der Waals surface area contributed by atoms with Gasteiger partial charge >= 0.3 is 0 Å². The molecule has 5 nitrogen and oxygen atoms in total. The number of thiocarbonyl (C=S) groups is 1. The summed E-state index contributed by atoms with van der Waals surface area (Å²) in [6.07, 6.45) is 1.96. The van der Waals surface area contributed by atoms with Crippen LogP contribution in [0.3, 0.4) is 0 Å². The third kappa shape index (κ3) is 7.93. The van der Waals surface area contributed by atoms with E-state index in [4.69, 9.17) is 14.0 Å². The average Bonchev–Trinajstić information content (AvgIpc) is 2.38. The normalized spacial score (nSPS) is 14.1. The van der Waals surface area contributed by atoms with Gasteiger partial charge in [0.15, 0.2) is 0 Å². The molecule has 0 aromatic heterocycles. The third-order valence-corrected chi connectivity index (χ3v) is 5.05. The summed E-state index contributed by atoms with van der Waals surface area (Å²) in [7, 11) is -2.94. The van der Waals surface area contributed by atoms with Crippen molar-refractivity contribution in [3.63, 3.8) is 0 Å². The molecule has 0 heterocycles. The van der Waals surface area contributed by atoms with Crippen LogP contribution in [0.25, 0.3) is 0 Å². The highest BCUT2D eigenvalue weighted by atomic mass is 32.1. The molecule has 0 spiro atoms. The summed E-state index contributed by atoms with van der Waals surface area (Å²) < 4.78 is 29.1. The van der Waals surface area contributed by atoms with E-state index in [1.54, 1.807) is 0 Å². The molecule has 0 rings (SSSR count). The Morgan fingerprint density at radius 2 is 1.79 bits per heavy atom. The molecule has 0 saturated heterocycles. The Morgan fingerprint density at radius 3 is 2.26 bits per heavy atom. The van der Waals surface area contributed by atoms with Crippen LogP contribution >= 0.6 is 19.6 Å². The second kappa shape index (κ2) is 11.7. The van der Waals surface area contributed by atoms with Crippen LogP contribution in [0.2, 0.25) is 0 Å². The molecule has 0 aliphatic rings. The molecule has 0 aromatic carbocycles. The maximum absolute atomic E-state index is 12.8. The van der Waals surface area contributed by atoms with E-state index in [9.17, 15) is 4.57 Å².